The van der Waals surface area contributed by atoms with Crippen LogP contribution in [0.1, 0.15) is 40.6 Å². The van der Waals surface area contributed by atoms with Crippen LogP contribution in [0.4, 0.5) is 0 Å². The summed E-state index contributed by atoms with van der Waals surface area (Å²) in [6.07, 6.45) is 1.77. The number of ether oxygens (including phenoxy) is 3. The molecule has 7 nitrogen and oxygen atoms in total. The third kappa shape index (κ3) is 3.16. The fourth-order valence-corrected chi connectivity index (χ4v) is 4.53. The number of para-hydroxylation sites is 1. The number of amides is 1. The monoisotopic (exact) mass is 421 g/mol. The molecule has 2 aliphatic rings. The maximum absolute atomic E-state index is 13.5. The van der Waals surface area contributed by atoms with Gasteiger partial charge < -0.3 is 23.5 Å². The Balaban J connectivity index is 1.70. The van der Waals surface area contributed by atoms with E-state index in [-0.39, 0.29) is 23.2 Å². The molecule has 0 bridgehead atoms. The summed E-state index contributed by atoms with van der Waals surface area (Å²) < 4.78 is 22.6. The molecule has 1 amide bonds. The summed E-state index contributed by atoms with van der Waals surface area (Å²) in [6.45, 7) is 1.07. The smallest absolute Gasteiger partial charge is 0.291 e. The maximum atomic E-state index is 13.5. The number of carbonyl (C=O) groups is 1. The molecule has 0 saturated carbocycles. The minimum atomic E-state index is -0.590. The van der Waals surface area contributed by atoms with Crippen molar-refractivity contribution in [2.45, 2.75) is 25.0 Å². The Morgan fingerprint density at radius 3 is 2.61 bits per heavy atom. The Kier molecular flexibility index (Phi) is 4.90. The van der Waals surface area contributed by atoms with E-state index >= 15 is 0 Å². The summed E-state index contributed by atoms with van der Waals surface area (Å²) in [6, 6.07) is 11.9. The molecule has 0 radical (unpaired) electrons. The third-order valence-corrected chi connectivity index (χ3v) is 6.02. The summed E-state index contributed by atoms with van der Waals surface area (Å²) >= 11 is 0. The molecule has 5 rings (SSSR count). The standard InChI is InChI=1S/C24H23NO6/c1-28-18-10-9-14(12-19(18)29-2)21-20-22(26)16-7-3-4-8-17(16)31-23(20)24(27)25(21)13-15-6-5-11-30-15/h3-4,7-10,12,15,21H,5-6,11,13H2,1-2H3/t15-,21+/m0/s1. The SMILES string of the molecule is COc1ccc([C@@H]2c3c(oc4ccccc4c3=O)C(=O)N2C[C@@H]2CCCO2)cc1OC. The van der Waals surface area contributed by atoms with Gasteiger partial charge in [-0.3, -0.25) is 9.59 Å². The van der Waals surface area contributed by atoms with Gasteiger partial charge in [-0.1, -0.05) is 18.2 Å². The molecule has 2 atom stereocenters. The molecule has 0 unspecified atom stereocenters. The van der Waals surface area contributed by atoms with Crippen LogP contribution in [0.2, 0.25) is 0 Å². The van der Waals surface area contributed by atoms with Crippen LogP contribution in [0.25, 0.3) is 11.0 Å². The molecule has 1 fully saturated rings. The zero-order valence-corrected chi connectivity index (χ0v) is 17.4. The molecule has 3 aromatic rings. The van der Waals surface area contributed by atoms with E-state index in [2.05, 4.69) is 0 Å². The molecule has 0 N–H and O–H groups in total. The highest BCUT2D eigenvalue weighted by Gasteiger charge is 2.44. The lowest BCUT2D eigenvalue weighted by atomic mass is 9.98. The highest BCUT2D eigenvalue weighted by Crippen LogP contribution is 2.41. The van der Waals surface area contributed by atoms with Crippen LogP contribution in [-0.4, -0.2) is 44.3 Å². The van der Waals surface area contributed by atoms with Crippen molar-refractivity contribution in [2.75, 3.05) is 27.4 Å². The second-order valence-corrected chi connectivity index (χ2v) is 7.78. The van der Waals surface area contributed by atoms with Gasteiger partial charge in [0.05, 0.1) is 37.3 Å². The number of methoxy groups -OCH3 is 2. The molecule has 2 aliphatic heterocycles. The van der Waals surface area contributed by atoms with E-state index in [1.807, 2.05) is 12.1 Å². The van der Waals surface area contributed by atoms with Crippen molar-refractivity contribution in [3.63, 3.8) is 0 Å². The third-order valence-electron chi connectivity index (χ3n) is 6.02. The molecular formula is C24H23NO6. The van der Waals surface area contributed by atoms with Crippen LogP contribution in [-0.2, 0) is 4.74 Å². The molecule has 3 heterocycles. The number of hydrogen-bond acceptors (Lipinski definition) is 6. The Morgan fingerprint density at radius 1 is 1.06 bits per heavy atom. The fourth-order valence-electron chi connectivity index (χ4n) is 4.53. The van der Waals surface area contributed by atoms with Gasteiger partial charge in [0.15, 0.2) is 16.9 Å². The van der Waals surface area contributed by atoms with Crippen LogP contribution in [0.5, 0.6) is 11.5 Å². The molecule has 0 aliphatic carbocycles. The number of carbonyl (C=O) groups excluding carboxylic acids is 1. The normalized spacial score (nSPS) is 20.3. The zero-order chi connectivity index (χ0) is 21.5. The lowest BCUT2D eigenvalue weighted by Crippen LogP contribution is -2.36. The largest absolute Gasteiger partial charge is 0.493 e. The minimum Gasteiger partial charge on any atom is -0.493 e. The first-order valence-electron chi connectivity index (χ1n) is 10.3. The van der Waals surface area contributed by atoms with E-state index in [0.717, 1.165) is 18.4 Å². The molecule has 2 aromatic carbocycles. The van der Waals surface area contributed by atoms with E-state index < -0.39 is 6.04 Å². The van der Waals surface area contributed by atoms with Gasteiger partial charge in [0, 0.05) is 13.2 Å². The molecule has 160 valence electrons. The first-order chi connectivity index (χ1) is 15.1. The number of benzene rings is 2. The molecule has 7 heteroatoms. The number of fused-ring (bicyclic) bond motifs is 2. The van der Waals surface area contributed by atoms with Gasteiger partial charge in [-0.15, -0.1) is 0 Å². The van der Waals surface area contributed by atoms with Gasteiger partial charge in [-0.05, 0) is 42.7 Å². The van der Waals surface area contributed by atoms with E-state index in [9.17, 15) is 9.59 Å². The maximum Gasteiger partial charge on any atom is 0.291 e. The van der Waals surface area contributed by atoms with Crippen LogP contribution in [0.15, 0.2) is 51.7 Å². The van der Waals surface area contributed by atoms with Gasteiger partial charge in [0.2, 0.25) is 5.76 Å². The lowest BCUT2D eigenvalue weighted by molar-refractivity contribution is 0.0486. The fraction of sp³-hybridized carbons (Fsp3) is 0.333. The van der Waals surface area contributed by atoms with Crippen LogP contribution in [0.3, 0.4) is 0 Å². The minimum absolute atomic E-state index is 0.0644. The van der Waals surface area contributed by atoms with E-state index in [0.29, 0.717) is 41.2 Å². The lowest BCUT2D eigenvalue weighted by Gasteiger charge is -2.27. The van der Waals surface area contributed by atoms with E-state index in [1.165, 1.54) is 0 Å². The van der Waals surface area contributed by atoms with E-state index in [4.69, 9.17) is 18.6 Å². The first kappa shape index (κ1) is 19.6. The summed E-state index contributed by atoms with van der Waals surface area (Å²) in [4.78, 5) is 28.6. The average Bonchev–Trinajstić information content (AvgIpc) is 3.41. The number of hydrogen-bond donors (Lipinski definition) is 0. The molecule has 0 spiro atoms. The molecule has 31 heavy (non-hydrogen) atoms. The van der Waals surface area contributed by atoms with Crippen molar-refractivity contribution >= 4 is 16.9 Å². The predicted octanol–water partition coefficient (Wildman–Crippen LogP) is 3.53. The summed E-state index contributed by atoms with van der Waals surface area (Å²) in [7, 11) is 3.12. The van der Waals surface area contributed by atoms with Crippen molar-refractivity contribution < 1.29 is 23.4 Å². The van der Waals surface area contributed by atoms with Crippen LogP contribution >= 0.6 is 0 Å². The van der Waals surface area contributed by atoms with Gasteiger partial charge in [0.25, 0.3) is 5.91 Å². The van der Waals surface area contributed by atoms with Crippen LogP contribution in [0, 0.1) is 0 Å². The quantitative estimate of drug-likeness (QED) is 0.627. The number of nitrogens with zero attached hydrogens (tertiary/aromatic N) is 1. The van der Waals surface area contributed by atoms with Crippen molar-refractivity contribution in [1.82, 2.24) is 4.90 Å². The summed E-state index contributed by atoms with van der Waals surface area (Å²) in [5.74, 6) is 0.907. The second kappa shape index (κ2) is 7.74. The predicted molar refractivity (Wildman–Crippen MR) is 114 cm³/mol. The first-order valence-corrected chi connectivity index (χ1v) is 10.3. The number of rotatable bonds is 5. The highest BCUT2D eigenvalue weighted by molar-refractivity contribution is 5.99. The summed E-state index contributed by atoms with van der Waals surface area (Å²) in [5.41, 5.74) is 1.32. The second-order valence-electron chi connectivity index (χ2n) is 7.78. The van der Waals surface area contributed by atoms with Crippen LogP contribution < -0.4 is 14.9 Å². The van der Waals surface area contributed by atoms with Gasteiger partial charge >= 0.3 is 0 Å². The zero-order valence-electron chi connectivity index (χ0n) is 17.4. The summed E-state index contributed by atoms with van der Waals surface area (Å²) in [5, 5.41) is 0.457. The van der Waals surface area contributed by atoms with Gasteiger partial charge in [-0.25, -0.2) is 0 Å². The van der Waals surface area contributed by atoms with Gasteiger partial charge in [0.1, 0.15) is 5.58 Å². The van der Waals surface area contributed by atoms with Crippen molar-refractivity contribution in [3.05, 3.63) is 69.6 Å². The Bertz CT molecular complexity index is 1210. The topological polar surface area (TPSA) is 78.2 Å². The van der Waals surface area contributed by atoms with Gasteiger partial charge in [-0.2, -0.15) is 0 Å². The highest BCUT2D eigenvalue weighted by atomic mass is 16.5. The van der Waals surface area contributed by atoms with E-state index in [1.54, 1.807) is 49.5 Å². The Labute approximate surface area is 179 Å². The Morgan fingerprint density at radius 2 is 1.87 bits per heavy atom. The van der Waals surface area contributed by atoms with Crippen molar-refractivity contribution in [3.8, 4) is 11.5 Å². The van der Waals surface area contributed by atoms with Crippen molar-refractivity contribution in [1.29, 1.82) is 0 Å². The molecule has 1 saturated heterocycles. The van der Waals surface area contributed by atoms with Crippen molar-refractivity contribution in [2.24, 2.45) is 0 Å². The average molecular weight is 421 g/mol. The molecular weight excluding hydrogens is 398 g/mol. The molecule has 1 aromatic heterocycles. The Hall–Kier alpha value is -3.32.